The van der Waals surface area contributed by atoms with E-state index in [-0.39, 0.29) is 0 Å². The summed E-state index contributed by atoms with van der Waals surface area (Å²) in [4.78, 5) is 8.52. The van der Waals surface area contributed by atoms with E-state index < -0.39 is 0 Å². The standard InChI is InChI=1S/C19H15ClN4O3/c1-25-15-8-11(7-13(20)17(15)26-2)9-23-24-19-18-16(21-10-22-19)12-5-3-4-6-14(12)27-18/h3-10H,1-2H3,(H,21,22,24)/b23-9-. The molecule has 0 spiro atoms. The predicted octanol–water partition coefficient (Wildman–Crippen LogP) is 4.49. The van der Waals surface area contributed by atoms with Gasteiger partial charge in [-0.1, -0.05) is 23.7 Å². The van der Waals surface area contributed by atoms with Crippen LogP contribution in [0.2, 0.25) is 5.02 Å². The zero-order valence-electron chi connectivity index (χ0n) is 14.6. The third-order valence-electron chi connectivity index (χ3n) is 4.00. The summed E-state index contributed by atoms with van der Waals surface area (Å²) in [5.74, 6) is 1.47. The molecule has 136 valence electrons. The maximum Gasteiger partial charge on any atom is 0.197 e. The Morgan fingerprint density at radius 1 is 1.15 bits per heavy atom. The summed E-state index contributed by atoms with van der Waals surface area (Å²) in [7, 11) is 3.08. The van der Waals surface area contributed by atoms with E-state index in [0.29, 0.717) is 27.9 Å². The van der Waals surface area contributed by atoms with Gasteiger partial charge in [0.2, 0.25) is 0 Å². The number of benzene rings is 2. The molecule has 8 heteroatoms. The zero-order valence-corrected chi connectivity index (χ0v) is 15.3. The lowest BCUT2D eigenvalue weighted by molar-refractivity contribution is 0.355. The number of methoxy groups -OCH3 is 2. The van der Waals surface area contributed by atoms with Gasteiger partial charge in [-0.2, -0.15) is 5.10 Å². The molecular weight excluding hydrogens is 368 g/mol. The molecule has 0 aliphatic heterocycles. The number of hydrogen-bond donors (Lipinski definition) is 1. The molecule has 2 aromatic carbocycles. The van der Waals surface area contributed by atoms with Gasteiger partial charge in [0.1, 0.15) is 17.4 Å². The first kappa shape index (κ1) is 17.1. The monoisotopic (exact) mass is 382 g/mol. The van der Waals surface area contributed by atoms with Gasteiger partial charge < -0.3 is 13.9 Å². The molecular formula is C19H15ClN4O3. The number of aromatic nitrogens is 2. The van der Waals surface area contributed by atoms with Crippen molar-refractivity contribution in [3.05, 3.63) is 53.3 Å². The van der Waals surface area contributed by atoms with Crippen molar-refractivity contribution >= 4 is 45.7 Å². The van der Waals surface area contributed by atoms with Gasteiger partial charge in [0.25, 0.3) is 0 Å². The van der Waals surface area contributed by atoms with Crippen LogP contribution in [-0.4, -0.2) is 30.4 Å². The number of hydrogen-bond acceptors (Lipinski definition) is 7. The van der Waals surface area contributed by atoms with E-state index in [1.165, 1.54) is 13.4 Å². The van der Waals surface area contributed by atoms with Crippen molar-refractivity contribution in [3.63, 3.8) is 0 Å². The maximum absolute atomic E-state index is 6.21. The second kappa shape index (κ2) is 7.13. The fraction of sp³-hybridized carbons (Fsp3) is 0.105. The van der Waals surface area contributed by atoms with Gasteiger partial charge in [0.05, 0.1) is 25.5 Å². The summed E-state index contributed by atoms with van der Waals surface area (Å²) in [6.07, 6.45) is 3.07. The number of hydrazone groups is 1. The molecule has 0 atom stereocenters. The minimum atomic E-state index is 0.431. The first-order valence-electron chi connectivity index (χ1n) is 8.04. The maximum atomic E-state index is 6.21. The smallest absolute Gasteiger partial charge is 0.197 e. The SMILES string of the molecule is COc1cc(/C=N\Nc2ncnc3c2oc2ccccc23)cc(Cl)c1OC. The van der Waals surface area contributed by atoms with E-state index in [0.717, 1.165) is 22.0 Å². The van der Waals surface area contributed by atoms with E-state index >= 15 is 0 Å². The lowest BCUT2D eigenvalue weighted by atomic mass is 10.2. The molecule has 2 heterocycles. The Morgan fingerprint density at radius 2 is 2.00 bits per heavy atom. The van der Waals surface area contributed by atoms with E-state index in [9.17, 15) is 0 Å². The number of fused-ring (bicyclic) bond motifs is 3. The molecule has 0 saturated heterocycles. The van der Waals surface area contributed by atoms with Crippen molar-refractivity contribution in [2.45, 2.75) is 0 Å². The summed E-state index contributed by atoms with van der Waals surface area (Å²) in [6.45, 7) is 0. The highest BCUT2D eigenvalue weighted by Crippen LogP contribution is 2.35. The lowest BCUT2D eigenvalue weighted by Gasteiger charge is -2.09. The van der Waals surface area contributed by atoms with Crippen molar-refractivity contribution in [1.29, 1.82) is 0 Å². The molecule has 4 rings (SSSR count). The summed E-state index contributed by atoms with van der Waals surface area (Å²) in [5.41, 5.74) is 5.64. The first-order valence-corrected chi connectivity index (χ1v) is 8.42. The van der Waals surface area contributed by atoms with Gasteiger partial charge in [-0.25, -0.2) is 9.97 Å². The Morgan fingerprint density at radius 3 is 2.81 bits per heavy atom. The molecule has 0 unspecified atom stereocenters. The number of halogens is 1. The van der Waals surface area contributed by atoms with Crippen LogP contribution in [0.4, 0.5) is 5.82 Å². The van der Waals surface area contributed by atoms with E-state index in [1.807, 2.05) is 24.3 Å². The van der Waals surface area contributed by atoms with Crippen molar-refractivity contribution in [2.75, 3.05) is 19.6 Å². The number of anilines is 1. The normalized spacial score (nSPS) is 11.4. The Bertz CT molecular complexity index is 1160. The highest BCUT2D eigenvalue weighted by molar-refractivity contribution is 6.32. The number of furan rings is 1. The molecule has 7 nitrogen and oxygen atoms in total. The number of nitrogens with one attached hydrogen (secondary N) is 1. The van der Waals surface area contributed by atoms with Crippen LogP contribution in [0, 0.1) is 0 Å². The summed E-state index contributed by atoms with van der Waals surface area (Å²) in [6, 6.07) is 11.2. The minimum Gasteiger partial charge on any atom is -0.493 e. The quantitative estimate of drug-likeness (QED) is 0.404. The number of nitrogens with zero attached hydrogens (tertiary/aromatic N) is 3. The van der Waals surface area contributed by atoms with Crippen molar-refractivity contribution in [3.8, 4) is 11.5 Å². The van der Waals surface area contributed by atoms with Crippen molar-refractivity contribution in [2.24, 2.45) is 5.10 Å². The van der Waals surface area contributed by atoms with E-state index in [4.69, 9.17) is 25.5 Å². The predicted molar refractivity (Wildman–Crippen MR) is 105 cm³/mol. The van der Waals surface area contributed by atoms with Crippen LogP contribution in [0.3, 0.4) is 0 Å². The summed E-state index contributed by atoms with van der Waals surface area (Å²) >= 11 is 6.21. The molecule has 0 bridgehead atoms. The highest BCUT2D eigenvalue weighted by atomic mass is 35.5. The van der Waals surface area contributed by atoms with Gasteiger partial charge in [-0.05, 0) is 29.8 Å². The zero-order chi connectivity index (χ0) is 18.8. The third-order valence-corrected chi connectivity index (χ3v) is 4.28. The second-order valence-corrected chi connectivity index (χ2v) is 6.01. The molecule has 4 aromatic rings. The molecule has 0 aliphatic rings. The lowest BCUT2D eigenvalue weighted by Crippen LogP contribution is -1.96. The molecule has 27 heavy (non-hydrogen) atoms. The molecule has 0 saturated carbocycles. The first-order chi connectivity index (χ1) is 13.2. The van der Waals surface area contributed by atoms with Gasteiger partial charge >= 0.3 is 0 Å². The van der Waals surface area contributed by atoms with Crippen LogP contribution in [0.1, 0.15) is 5.56 Å². The fourth-order valence-electron chi connectivity index (χ4n) is 2.78. The topological polar surface area (TPSA) is 81.8 Å². The van der Waals surface area contributed by atoms with Crippen LogP contribution in [0.15, 0.2) is 52.2 Å². The molecule has 0 radical (unpaired) electrons. The van der Waals surface area contributed by atoms with Gasteiger partial charge in [-0.15, -0.1) is 0 Å². The molecule has 2 aromatic heterocycles. The van der Waals surface area contributed by atoms with Crippen LogP contribution in [0.5, 0.6) is 11.5 Å². The van der Waals surface area contributed by atoms with Gasteiger partial charge in [0.15, 0.2) is 22.9 Å². The van der Waals surface area contributed by atoms with Crippen molar-refractivity contribution in [1.82, 2.24) is 9.97 Å². The summed E-state index contributed by atoms with van der Waals surface area (Å²) in [5, 5.41) is 5.58. The molecule has 0 fully saturated rings. The number of ether oxygens (including phenoxy) is 2. The number of rotatable bonds is 5. The fourth-order valence-corrected chi connectivity index (χ4v) is 3.08. The van der Waals surface area contributed by atoms with Crippen LogP contribution < -0.4 is 14.9 Å². The minimum absolute atomic E-state index is 0.431. The Hall–Kier alpha value is -3.32. The van der Waals surface area contributed by atoms with E-state index in [1.54, 1.807) is 25.5 Å². The number of para-hydroxylation sites is 1. The van der Waals surface area contributed by atoms with Crippen LogP contribution in [-0.2, 0) is 0 Å². The average Bonchev–Trinajstić information content (AvgIpc) is 3.07. The Kier molecular flexibility index (Phi) is 4.52. The molecule has 0 amide bonds. The summed E-state index contributed by atoms with van der Waals surface area (Å²) < 4.78 is 16.4. The van der Waals surface area contributed by atoms with Gasteiger partial charge in [-0.3, -0.25) is 5.43 Å². The Labute approximate surface area is 159 Å². The third kappa shape index (κ3) is 3.13. The average molecular weight is 383 g/mol. The molecule has 0 aliphatic carbocycles. The molecule has 1 N–H and O–H groups in total. The second-order valence-electron chi connectivity index (χ2n) is 5.61. The largest absolute Gasteiger partial charge is 0.493 e. The Balaban J connectivity index is 1.65. The van der Waals surface area contributed by atoms with E-state index in [2.05, 4.69) is 20.5 Å². The highest BCUT2D eigenvalue weighted by Gasteiger charge is 2.13. The van der Waals surface area contributed by atoms with Crippen molar-refractivity contribution < 1.29 is 13.9 Å². The van der Waals surface area contributed by atoms with Gasteiger partial charge in [0, 0.05) is 5.39 Å². The van der Waals surface area contributed by atoms with Crippen LogP contribution in [0.25, 0.3) is 22.1 Å². The van der Waals surface area contributed by atoms with Crippen LogP contribution >= 0.6 is 11.6 Å².